The maximum absolute atomic E-state index is 12.1. The van der Waals surface area contributed by atoms with Gasteiger partial charge in [0, 0.05) is 19.5 Å². The van der Waals surface area contributed by atoms with Crippen molar-refractivity contribution in [3.05, 3.63) is 68.9 Å². The maximum atomic E-state index is 12.1. The number of aromatic nitrogens is 2. The van der Waals surface area contributed by atoms with Crippen LogP contribution in [0.2, 0.25) is 0 Å². The molecule has 0 fully saturated rings. The molecular weight excluding hydrogens is 336 g/mol. The highest BCUT2D eigenvalue weighted by atomic mass is 16.3. The van der Waals surface area contributed by atoms with E-state index in [4.69, 9.17) is 0 Å². The predicted octanol–water partition coefficient (Wildman–Crippen LogP) is 1.59. The largest absolute Gasteiger partial charge is 0.494 e. The lowest BCUT2D eigenvalue weighted by atomic mass is 10.1. The average molecular weight is 352 g/mol. The van der Waals surface area contributed by atoms with Gasteiger partial charge in [-0.25, -0.2) is 14.6 Å². The van der Waals surface area contributed by atoms with Gasteiger partial charge in [0.15, 0.2) is 0 Å². The summed E-state index contributed by atoms with van der Waals surface area (Å²) in [6, 6.07) is 12.3. The zero-order chi connectivity index (χ0) is 18.8. The van der Waals surface area contributed by atoms with Crippen LogP contribution in [-0.2, 0) is 14.1 Å². The van der Waals surface area contributed by atoms with E-state index in [0.717, 1.165) is 26.1 Å². The monoisotopic (exact) mass is 352 g/mol. The number of nitrogens with zero attached hydrogens (tertiary/aromatic N) is 3. The quantitative estimate of drug-likeness (QED) is 0.683. The van der Waals surface area contributed by atoms with Crippen molar-refractivity contribution in [2.45, 2.75) is 0 Å². The topological polar surface area (TPSA) is 106 Å². The summed E-state index contributed by atoms with van der Waals surface area (Å²) in [5.41, 5.74) is -1.09. The van der Waals surface area contributed by atoms with Crippen molar-refractivity contribution >= 4 is 28.7 Å². The molecule has 0 unspecified atom stereocenters. The fourth-order valence-corrected chi connectivity index (χ4v) is 2.58. The van der Waals surface area contributed by atoms with E-state index in [-0.39, 0.29) is 5.56 Å². The normalized spacial score (nSPS) is 11.2. The van der Waals surface area contributed by atoms with Gasteiger partial charge >= 0.3 is 11.7 Å². The van der Waals surface area contributed by atoms with E-state index in [0.29, 0.717) is 5.69 Å². The van der Waals surface area contributed by atoms with Crippen LogP contribution in [-0.4, -0.2) is 26.5 Å². The molecule has 0 radical (unpaired) electrons. The maximum Gasteiger partial charge on any atom is 0.345 e. The number of hydrogen-bond acceptors (Lipinski definition) is 4. The zero-order valence-electron chi connectivity index (χ0n) is 14.1. The highest BCUT2D eigenvalue weighted by Gasteiger charge is 2.13. The van der Waals surface area contributed by atoms with E-state index >= 15 is 0 Å². The Morgan fingerprint density at radius 1 is 1.08 bits per heavy atom. The number of nitrogens with one attached hydrogen (secondary N) is 1. The van der Waals surface area contributed by atoms with Crippen molar-refractivity contribution in [1.29, 1.82) is 0 Å². The van der Waals surface area contributed by atoms with Gasteiger partial charge in [0.1, 0.15) is 5.56 Å². The Kier molecular flexibility index (Phi) is 4.40. The van der Waals surface area contributed by atoms with E-state index < -0.39 is 23.2 Å². The molecule has 8 nitrogen and oxygen atoms in total. The molecule has 3 aromatic rings. The summed E-state index contributed by atoms with van der Waals surface area (Å²) in [6.07, 6.45) is 0.942. The molecule has 0 saturated carbocycles. The Labute approximate surface area is 147 Å². The first-order valence-electron chi connectivity index (χ1n) is 7.72. The fraction of sp³-hybridized carbons (Fsp3) is 0.111. The molecule has 2 N–H and O–H groups in total. The lowest BCUT2D eigenvalue weighted by Crippen LogP contribution is -2.38. The number of carbonyl (C=O) groups excluding carboxylic acids is 1. The van der Waals surface area contributed by atoms with Gasteiger partial charge in [0.25, 0.3) is 5.56 Å². The summed E-state index contributed by atoms with van der Waals surface area (Å²) in [6.45, 7) is 0. The lowest BCUT2D eigenvalue weighted by Gasteiger charge is -2.07. The molecule has 0 saturated heterocycles. The van der Waals surface area contributed by atoms with Gasteiger partial charge in [-0.1, -0.05) is 36.4 Å². The number of urea groups is 1. The van der Waals surface area contributed by atoms with Crippen LogP contribution in [0, 0.1) is 0 Å². The van der Waals surface area contributed by atoms with Gasteiger partial charge in [-0.2, -0.15) is 0 Å². The third-order valence-corrected chi connectivity index (χ3v) is 4.01. The number of carbonyl (C=O) groups is 1. The fourth-order valence-electron chi connectivity index (χ4n) is 2.58. The van der Waals surface area contributed by atoms with E-state index in [2.05, 4.69) is 10.3 Å². The van der Waals surface area contributed by atoms with Crippen molar-refractivity contribution in [3.8, 4) is 5.88 Å². The highest BCUT2D eigenvalue weighted by Crippen LogP contribution is 2.22. The first kappa shape index (κ1) is 17.2. The standard InChI is InChI=1S/C18H16N4O4/c1-21-15(23)13(16(24)22(2)18(21)26)10-19-17(25)20-14-9-5-7-11-6-3-4-8-12(11)14/h3-10,23H,1-2H3,(H,20,25). The van der Waals surface area contributed by atoms with Gasteiger partial charge in [-0.3, -0.25) is 13.9 Å². The zero-order valence-corrected chi connectivity index (χ0v) is 14.1. The van der Waals surface area contributed by atoms with Crippen LogP contribution >= 0.6 is 0 Å². The number of aliphatic imine (C=N–C) groups is 1. The Morgan fingerprint density at radius 2 is 1.77 bits per heavy atom. The number of anilines is 1. The summed E-state index contributed by atoms with van der Waals surface area (Å²) in [7, 11) is 2.59. The Morgan fingerprint density at radius 3 is 2.54 bits per heavy atom. The molecule has 0 aliphatic rings. The van der Waals surface area contributed by atoms with Gasteiger partial charge in [-0.05, 0) is 11.5 Å². The second-order valence-electron chi connectivity index (χ2n) is 5.66. The van der Waals surface area contributed by atoms with E-state index in [1.165, 1.54) is 14.1 Å². The van der Waals surface area contributed by atoms with Gasteiger partial charge in [0.2, 0.25) is 5.88 Å². The number of aromatic hydroxyl groups is 1. The average Bonchev–Trinajstić information content (AvgIpc) is 2.65. The summed E-state index contributed by atoms with van der Waals surface area (Å²) >= 11 is 0. The highest BCUT2D eigenvalue weighted by molar-refractivity contribution is 6.04. The van der Waals surface area contributed by atoms with Crippen LogP contribution in [0.3, 0.4) is 0 Å². The minimum Gasteiger partial charge on any atom is -0.494 e. The van der Waals surface area contributed by atoms with Gasteiger partial charge in [-0.15, -0.1) is 0 Å². The van der Waals surface area contributed by atoms with Crippen LogP contribution < -0.4 is 16.6 Å². The molecule has 2 aromatic carbocycles. The molecule has 26 heavy (non-hydrogen) atoms. The molecule has 0 spiro atoms. The second kappa shape index (κ2) is 6.67. The van der Waals surface area contributed by atoms with Gasteiger partial charge in [0.05, 0.1) is 11.9 Å². The Bertz CT molecular complexity index is 1150. The molecule has 2 amide bonds. The number of hydrogen-bond donors (Lipinski definition) is 2. The molecule has 1 heterocycles. The molecular formula is C18H16N4O4. The van der Waals surface area contributed by atoms with Gasteiger partial charge < -0.3 is 10.4 Å². The SMILES string of the molecule is Cn1c(O)c(C=NC(=O)Nc2cccc3ccccc23)c(=O)n(C)c1=O. The lowest BCUT2D eigenvalue weighted by molar-refractivity contribution is 0.259. The van der Waals surface area contributed by atoms with E-state index in [1.54, 1.807) is 12.1 Å². The van der Waals surface area contributed by atoms with Crippen molar-refractivity contribution in [1.82, 2.24) is 9.13 Å². The van der Waals surface area contributed by atoms with Crippen molar-refractivity contribution in [2.75, 3.05) is 5.32 Å². The predicted molar refractivity (Wildman–Crippen MR) is 99.1 cm³/mol. The number of benzene rings is 2. The van der Waals surface area contributed by atoms with E-state index in [1.807, 2.05) is 30.3 Å². The minimum absolute atomic E-state index is 0.248. The summed E-state index contributed by atoms with van der Waals surface area (Å²) in [4.78, 5) is 39.6. The van der Waals surface area contributed by atoms with E-state index in [9.17, 15) is 19.5 Å². The molecule has 1 aromatic heterocycles. The van der Waals surface area contributed by atoms with Crippen LogP contribution in [0.25, 0.3) is 10.8 Å². The van der Waals surface area contributed by atoms with Crippen LogP contribution in [0.5, 0.6) is 5.88 Å². The van der Waals surface area contributed by atoms with Crippen LogP contribution in [0.4, 0.5) is 10.5 Å². The molecule has 0 bridgehead atoms. The van der Waals surface area contributed by atoms with Crippen LogP contribution in [0.15, 0.2) is 57.0 Å². The molecule has 0 aliphatic carbocycles. The minimum atomic E-state index is -0.743. The number of rotatable bonds is 2. The number of fused-ring (bicyclic) bond motifs is 1. The van der Waals surface area contributed by atoms with Crippen LogP contribution in [0.1, 0.15) is 5.56 Å². The van der Waals surface area contributed by atoms with Crippen molar-refractivity contribution < 1.29 is 9.90 Å². The third-order valence-electron chi connectivity index (χ3n) is 4.01. The molecule has 3 rings (SSSR count). The van der Waals surface area contributed by atoms with Crippen molar-refractivity contribution in [3.63, 3.8) is 0 Å². The molecule has 0 aliphatic heterocycles. The summed E-state index contributed by atoms with van der Waals surface area (Å²) in [5.74, 6) is -0.556. The van der Waals surface area contributed by atoms with Crippen molar-refractivity contribution in [2.24, 2.45) is 19.1 Å². The second-order valence-corrected chi connectivity index (χ2v) is 5.66. The first-order chi connectivity index (χ1) is 12.4. The Hall–Kier alpha value is -3.68. The molecule has 132 valence electrons. The summed E-state index contributed by atoms with van der Waals surface area (Å²) < 4.78 is 1.72. The smallest absolute Gasteiger partial charge is 0.345 e. The Balaban J connectivity index is 1.92. The molecule has 0 atom stereocenters. The number of amides is 2. The first-order valence-corrected chi connectivity index (χ1v) is 7.72. The summed E-state index contributed by atoms with van der Waals surface area (Å²) in [5, 5.41) is 14.4. The molecule has 8 heteroatoms. The third kappa shape index (κ3) is 3.00.